The average molecular weight is 169 g/mol. The van der Waals surface area contributed by atoms with Crippen LogP contribution in [0.3, 0.4) is 0 Å². The van der Waals surface area contributed by atoms with E-state index >= 15 is 0 Å². The van der Waals surface area contributed by atoms with Crippen molar-refractivity contribution in [2.24, 2.45) is 5.73 Å². The quantitative estimate of drug-likeness (QED) is 0.510. The summed E-state index contributed by atoms with van der Waals surface area (Å²) in [6.07, 6.45) is 4.70. The third kappa shape index (κ3) is 1.91. The summed E-state index contributed by atoms with van der Waals surface area (Å²) in [6.45, 7) is 0. The zero-order chi connectivity index (χ0) is 8.27. The van der Waals surface area contributed by atoms with E-state index in [1.165, 1.54) is 24.2 Å². The van der Waals surface area contributed by atoms with Crippen molar-refractivity contribution in [3.63, 3.8) is 0 Å². The molecule has 0 aromatic carbocycles. The molecule has 0 fully saturated rings. The molecule has 4 nitrogen and oxygen atoms in total. The van der Waals surface area contributed by atoms with Crippen molar-refractivity contribution in [1.82, 2.24) is 9.97 Å². The Kier molecular flexibility index (Phi) is 2.43. The zero-order valence-electron chi connectivity index (χ0n) is 5.94. The molecule has 58 valence electrons. The van der Waals surface area contributed by atoms with Crippen LogP contribution in [0.2, 0.25) is 0 Å². The fraction of sp³-hybridized carbons (Fsp3) is 0.167. The van der Waals surface area contributed by atoms with E-state index in [0.29, 0.717) is 10.7 Å². The van der Waals surface area contributed by atoms with Crippen molar-refractivity contribution in [2.45, 2.75) is 5.16 Å². The number of primary amides is 1. The molecule has 0 aliphatic rings. The Morgan fingerprint density at radius 2 is 2.09 bits per heavy atom. The number of thioether (sulfide) groups is 1. The van der Waals surface area contributed by atoms with Gasteiger partial charge in [0, 0.05) is 12.4 Å². The maximum atomic E-state index is 10.5. The number of carbonyl (C=O) groups excluding carboxylic acids is 1. The molecule has 0 bridgehead atoms. The standard InChI is InChI=1S/C6H7N3OS/c1-11-6-8-2-4(3-9-6)5(7)10/h2-3H,1H3,(H2,7,10). The van der Waals surface area contributed by atoms with Gasteiger partial charge in [-0.25, -0.2) is 9.97 Å². The molecule has 0 aliphatic carbocycles. The van der Waals surface area contributed by atoms with Gasteiger partial charge in [-0.3, -0.25) is 4.79 Å². The van der Waals surface area contributed by atoms with Crippen molar-refractivity contribution in [2.75, 3.05) is 6.26 Å². The van der Waals surface area contributed by atoms with Crippen molar-refractivity contribution >= 4 is 17.7 Å². The molecule has 1 amide bonds. The molecule has 2 N–H and O–H groups in total. The third-order valence-electron chi connectivity index (χ3n) is 1.10. The van der Waals surface area contributed by atoms with Gasteiger partial charge in [-0.15, -0.1) is 0 Å². The van der Waals surface area contributed by atoms with E-state index in [1.54, 1.807) is 0 Å². The number of rotatable bonds is 2. The SMILES string of the molecule is CSc1ncc(C(N)=O)cn1. The Morgan fingerprint density at radius 1 is 1.55 bits per heavy atom. The molecule has 1 aromatic heterocycles. The van der Waals surface area contributed by atoms with E-state index in [9.17, 15) is 4.79 Å². The monoisotopic (exact) mass is 169 g/mol. The summed E-state index contributed by atoms with van der Waals surface area (Å²) in [7, 11) is 0. The topological polar surface area (TPSA) is 68.9 Å². The number of hydrogen-bond donors (Lipinski definition) is 1. The van der Waals surface area contributed by atoms with Gasteiger partial charge in [0.15, 0.2) is 5.16 Å². The second kappa shape index (κ2) is 3.34. The number of nitrogens with two attached hydrogens (primary N) is 1. The van der Waals surface area contributed by atoms with E-state index in [0.717, 1.165) is 0 Å². The van der Waals surface area contributed by atoms with Crippen LogP contribution in [0.25, 0.3) is 0 Å². The fourth-order valence-corrected chi connectivity index (χ4v) is 0.865. The number of nitrogens with zero attached hydrogens (tertiary/aromatic N) is 2. The number of hydrogen-bond acceptors (Lipinski definition) is 4. The summed E-state index contributed by atoms with van der Waals surface area (Å²) >= 11 is 1.41. The average Bonchev–Trinajstić information content (AvgIpc) is 2.05. The van der Waals surface area contributed by atoms with Gasteiger partial charge in [-0.05, 0) is 6.26 Å². The van der Waals surface area contributed by atoms with E-state index < -0.39 is 5.91 Å². The summed E-state index contributed by atoms with van der Waals surface area (Å²) in [5, 5.41) is 0.634. The Labute approximate surface area is 68.2 Å². The molecule has 0 saturated heterocycles. The van der Waals surface area contributed by atoms with Crippen LogP contribution in [0.15, 0.2) is 17.6 Å². The summed E-state index contributed by atoms with van der Waals surface area (Å²) in [5.41, 5.74) is 5.32. The van der Waals surface area contributed by atoms with Crippen LogP contribution < -0.4 is 5.73 Å². The predicted octanol–water partition coefficient (Wildman–Crippen LogP) is 0.297. The lowest BCUT2D eigenvalue weighted by Gasteiger charge is -1.94. The number of amides is 1. The molecule has 1 heterocycles. The molecular weight excluding hydrogens is 162 g/mol. The van der Waals surface area contributed by atoms with Gasteiger partial charge in [0.1, 0.15) is 0 Å². The van der Waals surface area contributed by atoms with Crippen LogP contribution in [-0.4, -0.2) is 22.1 Å². The summed E-state index contributed by atoms with van der Waals surface area (Å²) in [6, 6.07) is 0. The third-order valence-corrected chi connectivity index (χ3v) is 1.67. The van der Waals surface area contributed by atoms with Gasteiger partial charge >= 0.3 is 0 Å². The molecular formula is C6H7N3OS. The lowest BCUT2D eigenvalue weighted by Crippen LogP contribution is -2.11. The first-order valence-electron chi connectivity index (χ1n) is 2.90. The van der Waals surface area contributed by atoms with Crippen molar-refractivity contribution in [1.29, 1.82) is 0 Å². The normalized spacial score (nSPS) is 9.55. The molecule has 0 radical (unpaired) electrons. The first-order valence-corrected chi connectivity index (χ1v) is 4.12. The van der Waals surface area contributed by atoms with E-state index in [1.807, 2.05) is 6.26 Å². The van der Waals surface area contributed by atoms with E-state index in [4.69, 9.17) is 5.73 Å². The number of carbonyl (C=O) groups is 1. The molecule has 0 saturated carbocycles. The molecule has 5 heteroatoms. The van der Waals surface area contributed by atoms with E-state index in [-0.39, 0.29) is 0 Å². The largest absolute Gasteiger partial charge is 0.366 e. The smallest absolute Gasteiger partial charge is 0.251 e. The molecule has 1 aromatic rings. The van der Waals surface area contributed by atoms with Crippen LogP contribution in [0.1, 0.15) is 10.4 Å². The number of aromatic nitrogens is 2. The summed E-state index contributed by atoms with van der Waals surface area (Å²) in [4.78, 5) is 18.3. The minimum Gasteiger partial charge on any atom is -0.366 e. The molecule has 0 unspecified atom stereocenters. The van der Waals surface area contributed by atoms with Gasteiger partial charge in [-0.1, -0.05) is 11.8 Å². The molecule has 0 atom stereocenters. The second-order valence-corrected chi connectivity index (χ2v) is 2.60. The van der Waals surface area contributed by atoms with Gasteiger partial charge in [0.25, 0.3) is 5.91 Å². The highest BCUT2D eigenvalue weighted by molar-refractivity contribution is 7.98. The molecule has 1 rings (SSSR count). The molecule has 0 aliphatic heterocycles. The van der Waals surface area contributed by atoms with Gasteiger partial charge in [0.05, 0.1) is 5.56 Å². The minimum atomic E-state index is -0.502. The minimum absolute atomic E-state index is 0.336. The van der Waals surface area contributed by atoms with Crippen LogP contribution in [0.4, 0.5) is 0 Å². The first kappa shape index (κ1) is 8.00. The van der Waals surface area contributed by atoms with Gasteiger partial charge in [0.2, 0.25) is 0 Å². The Hall–Kier alpha value is -1.10. The highest BCUT2D eigenvalue weighted by Gasteiger charge is 2.00. The lowest BCUT2D eigenvalue weighted by molar-refractivity contribution is 0.0999. The fourth-order valence-electron chi connectivity index (χ4n) is 0.549. The molecule has 0 spiro atoms. The highest BCUT2D eigenvalue weighted by Crippen LogP contribution is 2.06. The zero-order valence-corrected chi connectivity index (χ0v) is 6.76. The van der Waals surface area contributed by atoms with E-state index in [2.05, 4.69) is 9.97 Å². The van der Waals surface area contributed by atoms with Gasteiger partial charge < -0.3 is 5.73 Å². The Balaban J connectivity index is 2.91. The van der Waals surface area contributed by atoms with Gasteiger partial charge in [-0.2, -0.15) is 0 Å². The maximum Gasteiger partial charge on any atom is 0.251 e. The summed E-state index contributed by atoms with van der Waals surface area (Å²) in [5.74, 6) is -0.502. The van der Waals surface area contributed by atoms with Crippen molar-refractivity contribution in [3.8, 4) is 0 Å². The van der Waals surface area contributed by atoms with Crippen molar-refractivity contribution < 1.29 is 4.79 Å². The Morgan fingerprint density at radius 3 is 2.45 bits per heavy atom. The Bertz CT molecular complexity index is 259. The molecule has 11 heavy (non-hydrogen) atoms. The summed E-state index contributed by atoms with van der Waals surface area (Å²) < 4.78 is 0. The van der Waals surface area contributed by atoms with Crippen LogP contribution in [-0.2, 0) is 0 Å². The van der Waals surface area contributed by atoms with Crippen LogP contribution in [0.5, 0.6) is 0 Å². The second-order valence-electron chi connectivity index (χ2n) is 1.82. The van der Waals surface area contributed by atoms with Crippen LogP contribution in [0, 0.1) is 0 Å². The highest BCUT2D eigenvalue weighted by atomic mass is 32.2. The lowest BCUT2D eigenvalue weighted by atomic mass is 10.3. The van der Waals surface area contributed by atoms with Crippen LogP contribution >= 0.6 is 11.8 Å². The maximum absolute atomic E-state index is 10.5. The predicted molar refractivity (Wildman–Crippen MR) is 42.3 cm³/mol. The first-order chi connectivity index (χ1) is 5.24. The van der Waals surface area contributed by atoms with Crippen molar-refractivity contribution in [3.05, 3.63) is 18.0 Å².